The third kappa shape index (κ3) is 2.28. The number of aromatic nitrogens is 4. The Morgan fingerprint density at radius 1 is 1.12 bits per heavy atom. The van der Waals surface area contributed by atoms with Gasteiger partial charge in [-0.2, -0.15) is 0 Å². The normalized spacial score (nSPS) is 11.4. The average Bonchev–Trinajstić information content (AvgIpc) is 2.88. The molecule has 4 aromatic rings. The van der Waals surface area contributed by atoms with Gasteiger partial charge in [0, 0.05) is 9.50 Å². The molecule has 2 aromatic carbocycles. The van der Waals surface area contributed by atoms with E-state index in [0.29, 0.717) is 22.9 Å². The summed E-state index contributed by atoms with van der Waals surface area (Å²) in [6.45, 7) is 0.418. The summed E-state index contributed by atoms with van der Waals surface area (Å²) in [5, 5.41) is 6.92. The van der Waals surface area contributed by atoms with Crippen molar-refractivity contribution >= 4 is 44.3 Å². The Kier molecular flexibility index (Phi) is 3.54. The average molecular weight is 406 g/mol. The summed E-state index contributed by atoms with van der Waals surface area (Å²) in [5.41, 5.74) is 0.891. The number of aromatic amines is 1. The SMILES string of the molecule is O=c1[nH]nc2n(Cc3ccc(Br)cc3Cl)c3ccccc3n2c1=O. The minimum Gasteiger partial charge on any atom is -0.304 e. The number of hydrogen-bond acceptors (Lipinski definition) is 3. The van der Waals surface area contributed by atoms with Crippen LogP contribution in [-0.2, 0) is 6.54 Å². The van der Waals surface area contributed by atoms with Crippen LogP contribution in [0.2, 0.25) is 5.02 Å². The maximum atomic E-state index is 12.3. The fourth-order valence-electron chi connectivity index (χ4n) is 2.75. The summed E-state index contributed by atoms with van der Waals surface area (Å²) in [7, 11) is 0. The fraction of sp³-hybridized carbons (Fsp3) is 0.0625. The first-order valence-corrected chi connectivity index (χ1v) is 8.26. The second kappa shape index (κ2) is 5.61. The molecule has 1 N–H and O–H groups in total. The number of rotatable bonds is 2. The third-order valence-electron chi connectivity index (χ3n) is 3.85. The molecule has 0 saturated heterocycles. The standard InChI is InChI=1S/C16H10BrClN4O2/c17-10-6-5-9(11(18)7-10)8-21-12-3-1-2-4-13(12)22-15(24)14(23)19-20-16(21)22/h1-7H,8H2,(H,19,23). The molecule has 0 saturated carbocycles. The molecule has 0 fully saturated rings. The lowest BCUT2D eigenvalue weighted by atomic mass is 10.2. The summed E-state index contributed by atoms with van der Waals surface area (Å²) in [6, 6.07) is 13.0. The number of para-hydroxylation sites is 2. The summed E-state index contributed by atoms with van der Waals surface area (Å²) < 4.78 is 4.06. The van der Waals surface area contributed by atoms with Gasteiger partial charge in [0.25, 0.3) is 0 Å². The van der Waals surface area contributed by atoms with E-state index in [1.807, 2.05) is 41.0 Å². The van der Waals surface area contributed by atoms with Gasteiger partial charge in [-0.25, -0.2) is 9.50 Å². The number of H-pyrrole nitrogens is 1. The van der Waals surface area contributed by atoms with Crippen LogP contribution in [-0.4, -0.2) is 19.2 Å². The van der Waals surface area contributed by atoms with Gasteiger partial charge in [-0.1, -0.05) is 45.7 Å². The number of nitrogens with zero attached hydrogens (tertiary/aromatic N) is 3. The molecule has 2 heterocycles. The highest BCUT2D eigenvalue weighted by Crippen LogP contribution is 2.25. The van der Waals surface area contributed by atoms with E-state index in [0.717, 1.165) is 15.6 Å². The van der Waals surface area contributed by atoms with Crippen molar-refractivity contribution in [2.75, 3.05) is 0 Å². The number of halogens is 2. The molecule has 6 nitrogen and oxygen atoms in total. The number of imidazole rings is 1. The minimum absolute atomic E-state index is 0.361. The summed E-state index contributed by atoms with van der Waals surface area (Å²) in [5.74, 6) is 0.361. The molecule has 0 radical (unpaired) electrons. The van der Waals surface area contributed by atoms with Crippen molar-refractivity contribution in [2.45, 2.75) is 6.54 Å². The molecule has 4 rings (SSSR count). The van der Waals surface area contributed by atoms with Gasteiger partial charge >= 0.3 is 11.1 Å². The maximum Gasteiger partial charge on any atom is 0.330 e. The molecule has 0 atom stereocenters. The lowest BCUT2D eigenvalue weighted by molar-refractivity contribution is 0.798. The highest BCUT2D eigenvalue weighted by molar-refractivity contribution is 9.10. The Morgan fingerprint density at radius 3 is 2.62 bits per heavy atom. The van der Waals surface area contributed by atoms with Crippen molar-refractivity contribution in [3.05, 3.63) is 78.2 Å². The zero-order chi connectivity index (χ0) is 16.8. The molecular weight excluding hydrogens is 396 g/mol. The predicted molar refractivity (Wildman–Crippen MR) is 95.8 cm³/mol. The molecule has 0 amide bonds. The van der Waals surface area contributed by atoms with Crippen LogP contribution in [0.4, 0.5) is 0 Å². The van der Waals surface area contributed by atoms with Crippen LogP contribution in [0.15, 0.2) is 56.5 Å². The number of fused-ring (bicyclic) bond motifs is 3. The Balaban J connectivity index is 2.05. The summed E-state index contributed by atoms with van der Waals surface area (Å²) in [6.07, 6.45) is 0. The molecule has 24 heavy (non-hydrogen) atoms. The zero-order valence-corrected chi connectivity index (χ0v) is 14.5. The van der Waals surface area contributed by atoms with Crippen LogP contribution in [0, 0.1) is 0 Å². The predicted octanol–water partition coefficient (Wildman–Crippen LogP) is 2.80. The Bertz CT molecular complexity index is 1210. The molecule has 120 valence electrons. The molecular formula is C16H10BrClN4O2. The van der Waals surface area contributed by atoms with Crippen molar-refractivity contribution in [1.29, 1.82) is 0 Å². The van der Waals surface area contributed by atoms with E-state index in [4.69, 9.17) is 11.6 Å². The number of hydrogen-bond donors (Lipinski definition) is 1. The van der Waals surface area contributed by atoms with Gasteiger partial charge in [-0.3, -0.25) is 9.59 Å². The van der Waals surface area contributed by atoms with E-state index in [1.165, 1.54) is 4.40 Å². The fourth-order valence-corrected chi connectivity index (χ4v) is 3.49. The van der Waals surface area contributed by atoms with Crippen molar-refractivity contribution in [3.8, 4) is 0 Å². The molecule has 0 bridgehead atoms. The van der Waals surface area contributed by atoms with Gasteiger partial charge in [0.05, 0.1) is 17.6 Å². The molecule has 0 aliphatic heterocycles. The van der Waals surface area contributed by atoms with Gasteiger partial charge in [-0.05, 0) is 29.8 Å². The van der Waals surface area contributed by atoms with Crippen molar-refractivity contribution < 1.29 is 0 Å². The summed E-state index contributed by atoms with van der Waals surface area (Å²) in [4.78, 5) is 23.9. The van der Waals surface area contributed by atoms with Crippen LogP contribution in [0.5, 0.6) is 0 Å². The Hall–Kier alpha value is -2.38. The van der Waals surface area contributed by atoms with E-state index in [2.05, 4.69) is 26.1 Å². The van der Waals surface area contributed by atoms with E-state index in [1.54, 1.807) is 6.07 Å². The molecule has 2 aromatic heterocycles. The van der Waals surface area contributed by atoms with Crippen molar-refractivity contribution in [1.82, 2.24) is 19.2 Å². The number of benzene rings is 2. The topological polar surface area (TPSA) is 72.2 Å². The minimum atomic E-state index is -0.753. The van der Waals surface area contributed by atoms with Crippen LogP contribution in [0.1, 0.15) is 5.56 Å². The smallest absolute Gasteiger partial charge is 0.304 e. The molecule has 0 aliphatic rings. The van der Waals surface area contributed by atoms with E-state index < -0.39 is 11.1 Å². The van der Waals surface area contributed by atoms with E-state index in [-0.39, 0.29) is 0 Å². The largest absolute Gasteiger partial charge is 0.330 e. The lowest BCUT2D eigenvalue weighted by Gasteiger charge is -2.08. The van der Waals surface area contributed by atoms with Gasteiger partial charge < -0.3 is 4.57 Å². The monoisotopic (exact) mass is 404 g/mol. The molecule has 0 spiro atoms. The van der Waals surface area contributed by atoms with Crippen LogP contribution in [0.25, 0.3) is 16.8 Å². The third-order valence-corrected chi connectivity index (χ3v) is 4.70. The molecule has 0 aliphatic carbocycles. The Morgan fingerprint density at radius 2 is 1.88 bits per heavy atom. The molecule has 8 heteroatoms. The first-order valence-electron chi connectivity index (χ1n) is 7.09. The maximum absolute atomic E-state index is 12.3. The zero-order valence-electron chi connectivity index (χ0n) is 12.2. The van der Waals surface area contributed by atoms with Gasteiger partial charge in [0.1, 0.15) is 0 Å². The van der Waals surface area contributed by atoms with Crippen molar-refractivity contribution in [2.24, 2.45) is 0 Å². The van der Waals surface area contributed by atoms with E-state index in [9.17, 15) is 9.59 Å². The summed E-state index contributed by atoms with van der Waals surface area (Å²) >= 11 is 9.70. The van der Waals surface area contributed by atoms with E-state index >= 15 is 0 Å². The van der Waals surface area contributed by atoms with Crippen LogP contribution >= 0.6 is 27.5 Å². The van der Waals surface area contributed by atoms with Gasteiger partial charge in [-0.15, -0.1) is 5.10 Å². The van der Waals surface area contributed by atoms with Crippen LogP contribution in [0.3, 0.4) is 0 Å². The van der Waals surface area contributed by atoms with Crippen LogP contribution < -0.4 is 11.1 Å². The lowest BCUT2D eigenvalue weighted by Crippen LogP contribution is -2.33. The molecule has 0 unspecified atom stereocenters. The first-order chi connectivity index (χ1) is 11.6. The highest BCUT2D eigenvalue weighted by Gasteiger charge is 2.15. The van der Waals surface area contributed by atoms with Gasteiger partial charge in [0.15, 0.2) is 0 Å². The second-order valence-corrected chi connectivity index (χ2v) is 6.63. The number of nitrogens with one attached hydrogen (secondary N) is 1. The quantitative estimate of drug-likeness (QED) is 0.521. The second-order valence-electron chi connectivity index (χ2n) is 5.30. The Labute approximate surface area is 148 Å². The first kappa shape index (κ1) is 15.2. The van der Waals surface area contributed by atoms with Gasteiger partial charge in [0.2, 0.25) is 5.78 Å². The highest BCUT2D eigenvalue weighted by atomic mass is 79.9. The van der Waals surface area contributed by atoms with Crippen molar-refractivity contribution in [3.63, 3.8) is 0 Å².